The minimum atomic E-state index is -3.12. The Labute approximate surface area is 657 Å². The van der Waals surface area contributed by atoms with Gasteiger partial charge in [-0.3, -0.25) is 14.4 Å². The summed E-state index contributed by atoms with van der Waals surface area (Å²) in [5.74, 6) is 1.23. The van der Waals surface area contributed by atoms with Gasteiger partial charge in [-0.1, -0.05) is 420 Å². The number of fused-ring (bicyclic) bond motifs is 2. The summed E-state index contributed by atoms with van der Waals surface area (Å²) in [6, 6.07) is 93.6. The van der Waals surface area contributed by atoms with Crippen molar-refractivity contribution >= 4 is 68.4 Å². The molecule has 0 fully saturated rings. The topological polar surface area (TPSA) is 154 Å². The maximum atomic E-state index is 11.8. The van der Waals surface area contributed by atoms with E-state index in [0.29, 0.717) is 53.2 Å². The van der Waals surface area contributed by atoms with E-state index in [1.54, 1.807) is 75.4 Å². The van der Waals surface area contributed by atoms with Crippen molar-refractivity contribution in [1.29, 1.82) is 0 Å². The van der Waals surface area contributed by atoms with Gasteiger partial charge in [-0.25, -0.2) is 25.3 Å². The predicted molar refractivity (Wildman–Crippen MR) is 472 cm³/mol. The average molecular weight is 1530 g/mol. The van der Waals surface area contributed by atoms with Crippen LogP contribution in [0.25, 0.3) is 21.5 Å². The largest absolute Gasteiger partial charge is 0.299 e. The van der Waals surface area contributed by atoms with Gasteiger partial charge in [0.05, 0.1) is 31.9 Å². The highest BCUT2D eigenvalue weighted by atomic mass is 32.2. The third-order valence-electron chi connectivity index (χ3n) is 13.9. The molecule has 9 nitrogen and oxygen atoms in total. The van der Waals surface area contributed by atoms with E-state index in [1.807, 2.05) is 367 Å². The van der Waals surface area contributed by atoms with Gasteiger partial charge in [0.1, 0.15) is 17.3 Å². The first-order chi connectivity index (χ1) is 52.0. The van der Waals surface area contributed by atoms with Crippen molar-refractivity contribution in [3.63, 3.8) is 0 Å². The fourth-order valence-electron chi connectivity index (χ4n) is 9.07. The van der Waals surface area contributed by atoms with Crippen LogP contribution < -0.4 is 0 Å². The van der Waals surface area contributed by atoms with Crippen molar-refractivity contribution in [1.82, 2.24) is 0 Å². The molecule has 108 heavy (non-hydrogen) atoms. The van der Waals surface area contributed by atoms with Crippen LogP contribution in [0.5, 0.6) is 0 Å². The minimum absolute atomic E-state index is 0. The van der Waals surface area contributed by atoms with E-state index in [2.05, 4.69) is 0 Å². The molecule has 0 heterocycles. The molecule has 12 heteroatoms. The fourth-order valence-corrected chi connectivity index (χ4v) is 12.0. The average Bonchev–Trinajstić information content (AvgIpc) is 0.804. The first-order valence-corrected chi connectivity index (χ1v) is 43.4. The Morgan fingerprint density at radius 3 is 0.722 bits per heavy atom. The zero-order valence-electron chi connectivity index (χ0n) is 68.6. The number of hydrogen-bond donors (Lipinski definition) is 0. The smallest absolute Gasteiger partial charge is 0.178 e. The quantitative estimate of drug-likeness (QED) is 0.0817. The SMILES string of the molecule is C.CC.CC.CC.CC.CC.CC.CC.CC.CC.CCS(=O)(=O)c1ccc2ccccc2c1.CCS(=O)(=O)c1cccc2ccccc12.CCS(=O)(=O)c1ccccc1.O=C(Cc1ccccc1)Cc1ccccc1.O=C(Cc1ccccc1)Cc1ccccc1.O=C(Cc1ccccc1)Cc1ccccc1. The number of ketones is 3. The van der Waals surface area contributed by atoms with Crippen molar-refractivity contribution in [2.75, 3.05) is 17.3 Å². The summed E-state index contributed by atoms with van der Waals surface area (Å²) in [6.07, 6.45) is 3.14. The standard InChI is InChI=1S/3C15H14O.2C12H12O2S.C8H10O2S.9C2H6.CH4/c3*16-15(11-13-7-3-1-4-8-13)12-14-9-5-2-6-10-14;1-2-15(13,14)12-9-5-7-10-6-3-4-8-11(10)12;1-2-15(13,14)12-8-7-10-5-3-4-6-11(10)9-12;1-2-11(9,10)8-6-4-3-5-7-8;9*1-2;/h3*1-10H,11-12H2;2*3-9H,2H2,1H3;3-7H,2H2,1H3;9*1-2H3;1H4. The zero-order valence-corrected chi connectivity index (χ0v) is 71.0. The highest BCUT2D eigenvalue weighted by Crippen LogP contribution is 2.24. The van der Waals surface area contributed by atoms with Crippen LogP contribution in [0.4, 0.5) is 0 Å². The molecule has 0 saturated heterocycles. The highest BCUT2D eigenvalue weighted by molar-refractivity contribution is 7.92. The van der Waals surface area contributed by atoms with Gasteiger partial charge in [0.2, 0.25) is 0 Å². The molecule has 0 amide bonds. The van der Waals surface area contributed by atoms with Crippen molar-refractivity contribution in [2.45, 2.75) is 206 Å². The third-order valence-corrected chi connectivity index (χ3v) is 19.1. The summed E-state index contributed by atoms with van der Waals surface area (Å²) in [7, 11) is -9.21. The Hall–Kier alpha value is -9.20. The first-order valence-electron chi connectivity index (χ1n) is 38.5. The lowest BCUT2D eigenvalue weighted by Crippen LogP contribution is -2.06. The van der Waals surface area contributed by atoms with E-state index >= 15 is 0 Å². The lowest BCUT2D eigenvalue weighted by atomic mass is 10.0. The third kappa shape index (κ3) is 46.1. The van der Waals surface area contributed by atoms with E-state index < -0.39 is 29.5 Å². The number of sulfone groups is 3. The van der Waals surface area contributed by atoms with Crippen LogP contribution in [0.3, 0.4) is 0 Å². The van der Waals surface area contributed by atoms with Gasteiger partial charge in [-0.05, 0) is 79.9 Å². The fraction of sp³-hybridized carbons (Fsp3) is 0.323. The molecule has 0 saturated carbocycles. The highest BCUT2D eigenvalue weighted by Gasteiger charge is 2.15. The van der Waals surface area contributed by atoms with Gasteiger partial charge in [0.15, 0.2) is 29.5 Å². The molecule has 0 bridgehead atoms. The molecule has 0 spiro atoms. The molecule has 11 aromatic carbocycles. The minimum Gasteiger partial charge on any atom is -0.299 e. The Morgan fingerprint density at radius 2 is 0.444 bits per heavy atom. The van der Waals surface area contributed by atoms with Crippen molar-refractivity contribution < 1.29 is 39.6 Å². The second-order valence-corrected chi connectivity index (χ2v) is 27.4. The second-order valence-electron chi connectivity index (χ2n) is 20.6. The molecule has 0 aromatic heterocycles. The van der Waals surface area contributed by atoms with E-state index in [0.717, 1.165) is 54.9 Å². The molecule has 0 unspecified atom stereocenters. The molecule has 0 radical (unpaired) electrons. The zero-order chi connectivity index (χ0) is 81.7. The summed E-state index contributed by atoms with van der Waals surface area (Å²) in [5, 5.41) is 3.80. The summed E-state index contributed by atoms with van der Waals surface area (Å²) in [6.45, 7) is 41.0. The van der Waals surface area contributed by atoms with Gasteiger partial charge in [-0.2, -0.15) is 0 Å². The van der Waals surface area contributed by atoms with Crippen molar-refractivity contribution in [2.24, 2.45) is 0 Å². The van der Waals surface area contributed by atoms with Crippen LogP contribution in [0.1, 0.15) is 186 Å². The van der Waals surface area contributed by atoms with Crippen LogP contribution in [0.2, 0.25) is 0 Å². The van der Waals surface area contributed by atoms with Crippen molar-refractivity contribution in [3.05, 3.63) is 331 Å². The van der Waals surface area contributed by atoms with Crippen LogP contribution in [0, 0.1) is 0 Å². The monoisotopic (exact) mass is 1530 g/mol. The molecule has 0 aliphatic heterocycles. The number of rotatable bonds is 18. The summed E-state index contributed by atoms with van der Waals surface area (Å²) in [4.78, 5) is 36.6. The molecule has 0 aliphatic carbocycles. The molecule has 0 atom stereocenters. The van der Waals surface area contributed by atoms with Crippen LogP contribution in [0.15, 0.2) is 312 Å². The van der Waals surface area contributed by atoms with E-state index in [-0.39, 0.29) is 42.0 Å². The number of carbonyl (C=O) groups excluding carboxylic acids is 3. The molecule has 0 N–H and O–H groups in total. The lowest BCUT2D eigenvalue weighted by Gasteiger charge is -2.05. The molecule has 11 rings (SSSR count). The second kappa shape index (κ2) is 69.5. The molecular weight excluding hydrogens is 1390 g/mol. The van der Waals surface area contributed by atoms with E-state index in [4.69, 9.17) is 0 Å². The van der Waals surface area contributed by atoms with E-state index in [9.17, 15) is 39.6 Å². The summed E-state index contributed by atoms with van der Waals surface area (Å²) in [5.41, 5.74) is 6.52. The Kier molecular flexibility index (Phi) is 69.2. The molecule has 11 aromatic rings. The number of carbonyl (C=O) groups is 3. The number of hydrogen-bond acceptors (Lipinski definition) is 9. The lowest BCUT2D eigenvalue weighted by molar-refractivity contribution is -0.118. The van der Waals surface area contributed by atoms with E-state index in [1.165, 1.54) is 0 Å². The van der Waals surface area contributed by atoms with Crippen LogP contribution in [-0.4, -0.2) is 59.9 Å². The van der Waals surface area contributed by atoms with Crippen LogP contribution >= 0.6 is 0 Å². The van der Waals surface area contributed by atoms with Gasteiger partial charge in [-0.15, -0.1) is 0 Å². The Balaban J connectivity index is -0.000000377. The summed E-state index contributed by atoms with van der Waals surface area (Å²) < 4.78 is 69.3. The normalized spacial score (nSPS) is 9.38. The number of benzene rings is 11. The Morgan fingerprint density at radius 1 is 0.222 bits per heavy atom. The predicted octanol–water partition coefficient (Wildman–Crippen LogP) is 25.7. The number of Topliss-reactive ketones (excluding diaryl/α,β-unsaturated/α-hetero) is 3. The van der Waals surface area contributed by atoms with Crippen molar-refractivity contribution in [3.8, 4) is 0 Å². The summed E-state index contributed by atoms with van der Waals surface area (Å²) >= 11 is 0. The van der Waals surface area contributed by atoms with Gasteiger partial charge < -0.3 is 0 Å². The van der Waals surface area contributed by atoms with Crippen LogP contribution in [-0.2, 0) is 82.4 Å². The van der Waals surface area contributed by atoms with Gasteiger partial charge >= 0.3 is 0 Å². The molecule has 0 aliphatic rings. The molecule has 590 valence electrons. The maximum absolute atomic E-state index is 11.8. The molecular formula is C96H134O9S3. The first kappa shape index (κ1) is 107. The van der Waals surface area contributed by atoms with Gasteiger partial charge in [0.25, 0.3) is 0 Å². The maximum Gasteiger partial charge on any atom is 0.178 e. The Bertz CT molecular complexity index is 3910. The van der Waals surface area contributed by atoms with Gasteiger partial charge in [0, 0.05) is 43.9 Å².